The van der Waals surface area contributed by atoms with Crippen LogP contribution in [0, 0.1) is 13.8 Å². The van der Waals surface area contributed by atoms with Crippen LogP contribution in [0.2, 0.25) is 5.02 Å². The van der Waals surface area contributed by atoms with Crippen LogP contribution in [0.15, 0.2) is 92.9 Å². The summed E-state index contributed by atoms with van der Waals surface area (Å²) in [5, 5.41) is 14.3. The van der Waals surface area contributed by atoms with E-state index < -0.39 is 6.04 Å². The van der Waals surface area contributed by atoms with Gasteiger partial charge in [0.25, 0.3) is 5.56 Å². The van der Waals surface area contributed by atoms with E-state index in [0.717, 1.165) is 33.4 Å². The number of benzene rings is 2. The van der Waals surface area contributed by atoms with Crippen LogP contribution in [-0.4, -0.2) is 30.1 Å². The fourth-order valence-electron chi connectivity index (χ4n) is 5.05. The second kappa shape index (κ2) is 11.0. The number of furan rings is 2. The van der Waals surface area contributed by atoms with Crippen LogP contribution in [0.1, 0.15) is 45.6 Å². The lowest BCUT2D eigenvalue weighted by Gasteiger charge is -2.30. The van der Waals surface area contributed by atoms with Gasteiger partial charge >= 0.3 is 0 Å². The summed E-state index contributed by atoms with van der Waals surface area (Å²) in [6, 6.07) is 20.4. The highest BCUT2D eigenvalue weighted by Crippen LogP contribution is 2.32. The Bertz CT molecular complexity index is 1810. The van der Waals surface area contributed by atoms with Gasteiger partial charge in [-0.2, -0.15) is 0 Å². The highest BCUT2D eigenvalue weighted by molar-refractivity contribution is 6.31. The number of halogens is 1. The number of hydrogen-bond donors (Lipinski definition) is 1. The zero-order valence-corrected chi connectivity index (χ0v) is 22.8. The zero-order chi connectivity index (χ0) is 27.6. The minimum absolute atomic E-state index is 0.220. The number of nitrogens with zero attached hydrogens (tertiary/aromatic N) is 5. The highest BCUT2D eigenvalue weighted by Gasteiger charge is 2.32. The molecule has 0 aliphatic carbocycles. The predicted molar refractivity (Wildman–Crippen MR) is 151 cm³/mol. The van der Waals surface area contributed by atoms with Crippen molar-refractivity contribution in [3.63, 3.8) is 0 Å². The van der Waals surface area contributed by atoms with Crippen molar-refractivity contribution in [3.8, 4) is 0 Å². The summed E-state index contributed by atoms with van der Waals surface area (Å²) in [5.74, 6) is 1.91. The van der Waals surface area contributed by atoms with Crippen molar-refractivity contribution < 1.29 is 8.83 Å². The maximum Gasteiger partial charge on any atom is 0.253 e. The second-order valence-electron chi connectivity index (χ2n) is 9.79. The molecule has 0 fully saturated rings. The summed E-state index contributed by atoms with van der Waals surface area (Å²) < 4.78 is 13.0. The van der Waals surface area contributed by atoms with Crippen molar-refractivity contribution >= 4 is 22.5 Å². The SMILES string of the molecule is Cc1ccc(C)c2[nH]c(=O)c(C(c3nnnn3Cc3ccco3)N(Cc3ccco3)Cc3ccccc3Cl)cc12. The molecule has 10 heteroatoms. The van der Waals surface area contributed by atoms with Crippen LogP contribution < -0.4 is 5.56 Å². The van der Waals surface area contributed by atoms with Crippen molar-refractivity contribution in [2.24, 2.45) is 0 Å². The van der Waals surface area contributed by atoms with Crippen LogP contribution in [0.4, 0.5) is 0 Å². The summed E-state index contributed by atoms with van der Waals surface area (Å²) >= 11 is 6.62. The maximum absolute atomic E-state index is 13.9. The maximum atomic E-state index is 13.9. The lowest BCUT2D eigenvalue weighted by Crippen LogP contribution is -2.35. The van der Waals surface area contributed by atoms with Gasteiger partial charge in [0.1, 0.15) is 24.1 Å². The Labute approximate surface area is 235 Å². The molecule has 40 heavy (non-hydrogen) atoms. The molecule has 0 aliphatic rings. The topological polar surface area (TPSA) is 106 Å². The van der Waals surface area contributed by atoms with E-state index in [-0.39, 0.29) is 5.56 Å². The predicted octanol–water partition coefficient (Wildman–Crippen LogP) is 5.81. The van der Waals surface area contributed by atoms with Crippen molar-refractivity contribution in [1.82, 2.24) is 30.1 Å². The third-order valence-corrected chi connectivity index (χ3v) is 7.46. The summed E-state index contributed by atoms with van der Waals surface area (Å²) in [6.45, 7) is 5.10. The lowest BCUT2D eigenvalue weighted by atomic mass is 9.99. The number of H-pyrrole nitrogens is 1. The average Bonchev–Trinajstić information content (AvgIpc) is 3.73. The molecule has 202 valence electrons. The van der Waals surface area contributed by atoms with Crippen LogP contribution in [-0.2, 0) is 19.6 Å². The minimum Gasteiger partial charge on any atom is -0.468 e. The summed E-state index contributed by atoms with van der Waals surface area (Å²) in [4.78, 5) is 19.1. The smallest absolute Gasteiger partial charge is 0.253 e. The van der Waals surface area contributed by atoms with Crippen molar-refractivity contribution in [2.45, 2.75) is 39.5 Å². The Hall–Kier alpha value is -4.47. The number of nitrogens with one attached hydrogen (secondary N) is 1. The fraction of sp³-hybridized carbons (Fsp3) is 0.200. The van der Waals surface area contributed by atoms with Crippen molar-refractivity contribution in [1.29, 1.82) is 0 Å². The normalized spacial score (nSPS) is 12.4. The second-order valence-corrected chi connectivity index (χ2v) is 10.2. The molecule has 6 rings (SSSR count). The first kappa shape index (κ1) is 25.8. The largest absolute Gasteiger partial charge is 0.468 e. The molecule has 0 aliphatic heterocycles. The third-order valence-electron chi connectivity index (χ3n) is 7.09. The molecule has 0 bridgehead atoms. The van der Waals surface area contributed by atoms with Gasteiger partial charge in [0, 0.05) is 22.5 Å². The summed E-state index contributed by atoms with van der Waals surface area (Å²) in [7, 11) is 0. The number of aryl methyl sites for hydroxylation is 2. The van der Waals surface area contributed by atoms with E-state index in [4.69, 9.17) is 20.4 Å². The quantitative estimate of drug-likeness (QED) is 0.240. The first-order valence-electron chi connectivity index (χ1n) is 12.9. The van der Waals surface area contributed by atoms with Gasteiger partial charge < -0.3 is 13.8 Å². The molecule has 1 unspecified atom stereocenters. The van der Waals surface area contributed by atoms with Crippen LogP contribution >= 0.6 is 11.6 Å². The number of aromatic amines is 1. The van der Waals surface area contributed by atoms with Crippen LogP contribution in [0.5, 0.6) is 0 Å². The monoisotopic (exact) mass is 554 g/mol. The molecule has 0 saturated heterocycles. The Morgan fingerprint density at radius 2 is 1.70 bits per heavy atom. The van der Waals surface area contributed by atoms with E-state index in [1.165, 1.54) is 0 Å². The van der Waals surface area contributed by atoms with E-state index >= 15 is 0 Å². The first-order chi connectivity index (χ1) is 19.5. The molecule has 1 N–H and O–H groups in total. The van der Waals surface area contributed by atoms with Gasteiger partial charge in [-0.1, -0.05) is 41.9 Å². The Kier molecular flexibility index (Phi) is 7.06. The van der Waals surface area contributed by atoms with E-state index in [9.17, 15) is 4.79 Å². The molecule has 1 atom stereocenters. The average molecular weight is 555 g/mol. The van der Waals surface area contributed by atoms with Gasteiger partial charge in [0.15, 0.2) is 5.82 Å². The molecular formula is C30H27ClN6O3. The van der Waals surface area contributed by atoms with E-state index in [1.54, 1.807) is 17.2 Å². The number of aromatic nitrogens is 5. The van der Waals surface area contributed by atoms with Crippen molar-refractivity contribution in [2.75, 3.05) is 0 Å². The van der Waals surface area contributed by atoms with Gasteiger partial charge in [-0.25, -0.2) is 4.68 Å². The zero-order valence-electron chi connectivity index (χ0n) is 22.0. The van der Waals surface area contributed by atoms with E-state index in [0.29, 0.717) is 41.8 Å². The molecule has 9 nitrogen and oxygen atoms in total. The number of hydrogen-bond acceptors (Lipinski definition) is 7. The number of tetrazole rings is 1. The van der Waals surface area contributed by atoms with Crippen molar-refractivity contribution in [3.05, 3.63) is 134 Å². The summed E-state index contributed by atoms with van der Waals surface area (Å²) in [5.41, 5.74) is 4.04. The lowest BCUT2D eigenvalue weighted by molar-refractivity contribution is 0.179. The van der Waals surface area contributed by atoms with Gasteiger partial charge in [-0.15, -0.1) is 5.10 Å². The van der Waals surface area contributed by atoms with Gasteiger partial charge in [0.05, 0.1) is 24.6 Å². The third kappa shape index (κ3) is 5.09. The van der Waals surface area contributed by atoms with E-state index in [1.807, 2.05) is 74.5 Å². The minimum atomic E-state index is -0.653. The molecular weight excluding hydrogens is 528 g/mol. The van der Waals surface area contributed by atoms with Crippen LogP contribution in [0.3, 0.4) is 0 Å². The molecule has 0 radical (unpaired) electrons. The Balaban J connectivity index is 1.56. The Morgan fingerprint density at radius 1 is 0.950 bits per heavy atom. The molecule has 2 aromatic carbocycles. The standard InChI is InChI=1S/C30H27ClN6O3/c1-19-11-12-20(2)27-24(19)15-25(30(38)32-27)28(29-33-34-35-37(29)18-23-9-6-14-40-23)36(17-22-8-5-13-39-22)16-21-7-3-4-10-26(21)31/h3-15,28H,16-18H2,1-2H3,(H,32,38). The van der Waals surface area contributed by atoms with Gasteiger partial charge in [0.2, 0.25) is 0 Å². The first-order valence-corrected chi connectivity index (χ1v) is 13.3. The van der Waals surface area contributed by atoms with Gasteiger partial charge in [-0.05, 0) is 77.4 Å². The number of pyridine rings is 1. The highest BCUT2D eigenvalue weighted by atomic mass is 35.5. The van der Waals surface area contributed by atoms with E-state index in [2.05, 4.69) is 31.5 Å². The molecule has 0 saturated carbocycles. The number of rotatable bonds is 9. The van der Waals surface area contributed by atoms with Crippen LogP contribution in [0.25, 0.3) is 10.9 Å². The summed E-state index contributed by atoms with van der Waals surface area (Å²) in [6.07, 6.45) is 3.24. The molecule has 0 spiro atoms. The number of fused-ring (bicyclic) bond motifs is 1. The fourth-order valence-corrected chi connectivity index (χ4v) is 5.25. The molecule has 4 heterocycles. The van der Waals surface area contributed by atoms with Gasteiger partial charge in [-0.3, -0.25) is 9.69 Å². The molecule has 0 amide bonds. The molecule has 4 aromatic heterocycles. The Morgan fingerprint density at radius 3 is 2.45 bits per heavy atom. The molecule has 6 aromatic rings.